The number of hydrogen-bond donors (Lipinski definition) is 1. The fourth-order valence-electron chi connectivity index (χ4n) is 2.56. The average molecular weight is 226 g/mol. The van der Waals surface area contributed by atoms with Crippen molar-refractivity contribution in [1.82, 2.24) is 9.80 Å². The van der Waals surface area contributed by atoms with E-state index in [2.05, 4.69) is 4.90 Å². The first-order valence-corrected chi connectivity index (χ1v) is 5.90. The molecule has 1 amide bonds. The monoisotopic (exact) mass is 226 g/mol. The molecule has 0 spiro atoms. The van der Waals surface area contributed by atoms with E-state index < -0.39 is 6.09 Å². The first-order valence-electron chi connectivity index (χ1n) is 5.90. The number of carbonyl (C=O) groups excluding carboxylic acids is 1. The minimum absolute atomic E-state index is 0.360. The van der Waals surface area contributed by atoms with Gasteiger partial charge in [0, 0.05) is 45.1 Å². The summed E-state index contributed by atoms with van der Waals surface area (Å²) in [5.41, 5.74) is 0. The molecule has 0 aromatic rings. The predicted molar refractivity (Wildman–Crippen MR) is 58.4 cm³/mol. The normalized spacial score (nSPS) is 24.8. The number of carboxylic acid groups (broad SMARTS) is 1. The number of likely N-dealkylation sites (tertiary alicyclic amines) is 2. The zero-order valence-electron chi connectivity index (χ0n) is 9.39. The molecular weight excluding hydrogens is 208 g/mol. The van der Waals surface area contributed by atoms with Crippen LogP contribution in [0, 0.1) is 0 Å². The van der Waals surface area contributed by atoms with Gasteiger partial charge in [-0.25, -0.2) is 4.79 Å². The molecule has 0 aromatic heterocycles. The average Bonchev–Trinajstić information content (AvgIpc) is 2.30. The molecule has 0 radical (unpaired) electrons. The van der Waals surface area contributed by atoms with Crippen LogP contribution in [0.3, 0.4) is 0 Å². The lowest BCUT2D eigenvalue weighted by atomic mass is 10.00. The zero-order valence-corrected chi connectivity index (χ0v) is 9.39. The first-order chi connectivity index (χ1) is 7.66. The fourth-order valence-corrected chi connectivity index (χ4v) is 2.56. The summed E-state index contributed by atoms with van der Waals surface area (Å²) in [5, 5.41) is 8.84. The van der Waals surface area contributed by atoms with Gasteiger partial charge in [-0.05, 0) is 12.8 Å². The SMILES string of the molecule is O=C1CCN(C2CCN(C(=O)O)CC2)CC1. The molecule has 5 heteroatoms. The van der Waals surface area contributed by atoms with Crippen molar-refractivity contribution < 1.29 is 14.7 Å². The van der Waals surface area contributed by atoms with Crippen LogP contribution in [0.2, 0.25) is 0 Å². The zero-order chi connectivity index (χ0) is 11.5. The topological polar surface area (TPSA) is 60.9 Å². The van der Waals surface area contributed by atoms with Crippen LogP contribution in [0.5, 0.6) is 0 Å². The van der Waals surface area contributed by atoms with Crippen molar-refractivity contribution in [1.29, 1.82) is 0 Å². The van der Waals surface area contributed by atoms with Crippen LogP contribution in [0.1, 0.15) is 25.7 Å². The molecule has 0 aliphatic carbocycles. The number of rotatable bonds is 1. The van der Waals surface area contributed by atoms with Gasteiger partial charge in [0.25, 0.3) is 0 Å². The molecule has 2 saturated heterocycles. The molecule has 0 atom stereocenters. The van der Waals surface area contributed by atoms with E-state index in [4.69, 9.17) is 5.11 Å². The third kappa shape index (κ3) is 2.52. The second kappa shape index (κ2) is 4.82. The molecule has 2 rings (SSSR count). The van der Waals surface area contributed by atoms with Crippen LogP contribution < -0.4 is 0 Å². The number of ketones is 1. The molecule has 0 unspecified atom stereocenters. The molecule has 2 aliphatic rings. The quantitative estimate of drug-likeness (QED) is 0.718. The summed E-state index contributed by atoms with van der Waals surface area (Å²) in [4.78, 5) is 25.7. The molecular formula is C11H18N2O3. The highest BCUT2D eigenvalue weighted by Gasteiger charge is 2.28. The lowest BCUT2D eigenvalue weighted by Gasteiger charge is -2.39. The van der Waals surface area contributed by atoms with E-state index in [1.807, 2.05) is 0 Å². The Hall–Kier alpha value is -1.10. The summed E-state index contributed by atoms with van der Waals surface area (Å²) >= 11 is 0. The van der Waals surface area contributed by atoms with Crippen molar-refractivity contribution >= 4 is 11.9 Å². The second-order valence-corrected chi connectivity index (χ2v) is 4.58. The summed E-state index contributed by atoms with van der Waals surface area (Å²) in [5.74, 6) is 0.360. The maximum Gasteiger partial charge on any atom is 0.407 e. The van der Waals surface area contributed by atoms with E-state index in [1.165, 1.54) is 4.90 Å². The van der Waals surface area contributed by atoms with Crippen molar-refractivity contribution in [2.45, 2.75) is 31.7 Å². The Bertz CT molecular complexity index is 275. The summed E-state index contributed by atoms with van der Waals surface area (Å²) in [6, 6.07) is 0.476. The van der Waals surface area contributed by atoms with Crippen molar-refractivity contribution in [2.75, 3.05) is 26.2 Å². The number of hydrogen-bond acceptors (Lipinski definition) is 3. The Balaban J connectivity index is 1.80. The summed E-state index contributed by atoms with van der Waals surface area (Å²) in [6.45, 7) is 2.97. The highest BCUT2D eigenvalue weighted by molar-refractivity contribution is 5.79. The van der Waals surface area contributed by atoms with Crippen LogP contribution in [-0.4, -0.2) is 59.0 Å². The molecule has 2 fully saturated rings. The van der Waals surface area contributed by atoms with Gasteiger partial charge < -0.3 is 10.0 Å². The minimum Gasteiger partial charge on any atom is -0.465 e. The van der Waals surface area contributed by atoms with Gasteiger partial charge in [-0.2, -0.15) is 0 Å². The van der Waals surface area contributed by atoms with Gasteiger partial charge in [0.15, 0.2) is 0 Å². The van der Waals surface area contributed by atoms with E-state index in [9.17, 15) is 9.59 Å². The van der Waals surface area contributed by atoms with Crippen molar-refractivity contribution in [3.63, 3.8) is 0 Å². The molecule has 2 aliphatic heterocycles. The van der Waals surface area contributed by atoms with E-state index in [0.29, 0.717) is 37.8 Å². The second-order valence-electron chi connectivity index (χ2n) is 4.58. The van der Waals surface area contributed by atoms with E-state index in [-0.39, 0.29) is 0 Å². The van der Waals surface area contributed by atoms with Gasteiger partial charge in [-0.1, -0.05) is 0 Å². The predicted octanol–water partition coefficient (Wildman–Crippen LogP) is 0.794. The van der Waals surface area contributed by atoms with Gasteiger partial charge in [0.05, 0.1) is 0 Å². The highest BCUT2D eigenvalue weighted by atomic mass is 16.4. The maximum absolute atomic E-state index is 11.1. The third-order valence-electron chi connectivity index (χ3n) is 3.61. The van der Waals surface area contributed by atoms with Gasteiger partial charge in [0.1, 0.15) is 5.78 Å². The highest BCUT2D eigenvalue weighted by Crippen LogP contribution is 2.19. The Morgan fingerprint density at radius 2 is 1.69 bits per heavy atom. The maximum atomic E-state index is 11.1. The molecule has 0 aromatic carbocycles. The summed E-state index contributed by atoms with van der Waals surface area (Å²) < 4.78 is 0. The number of carbonyl (C=O) groups is 2. The summed E-state index contributed by atoms with van der Waals surface area (Å²) in [7, 11) is 0. The van der Waals surface area contributed by atoms with Gasteiger partial charge in [-0.15, -0.1) is 0 Å². The summed E-state index contributed by atoms with van der Waals surface area (Å²) in [6.07, 6.45) is 2.33. The van der Waals surface area contributed by atoms with E-state index in [0.717, 1.165) is 25.9 Å². The van der Waals surface area contributed by atoms with Crippen LogP contribution in [-0.2, 0) is 4.79 Å². The number of amides is 1. The fraction of sp³-hybridized carbons (Fsp3) is 0.818. The Kier molecular flexibility index (Phi) is 3.43. The number of Topliss-reactive ketones (excluding diaryl/α,β-unsaturated/α-hetero) is 1. The van der Waals surface area contributed by atoms with Crippen molar-refractivity contribution in [2.24, 2.45) is 0 Å². The smallest absolute Gasteiger partial charge is 0.407 e. The molecule has 0 bridgehead atoms. The molecule has 90 valence electrons. The standard InChI is InChI=1S/C11H18N2O3/c14-10-3-7-12(8-4-10)9-1-5-13(6-2-9)11(15)16/h9H,1-8H2,(H,15,16). The number of piperidine rings is 2. The first kappa shape index (κ1) is 11.4. The molecule has 0 saturated carbocycles. The lowest BCUT2D eigenvalue weighted by Crippen LogP contribution is -2.48. The Morgan fingerprint density at radius 1 is 1.12 bits per heavy atom. The van der Waals surface area contributed by atoms with Crippen molar-refractivity contribution in [3.05, 3.63) is 0 Å². The molecule has 5 nitrogen and oxygen atoms in total. The molecule has 16 heavy (non-hydrogen) atoms. The van der Waals surface area contributed by atoms with Crippen LogP contribution >= 0.6 is 0 Å². The molecule has 1 N–H and O–H groups in total. The van der Waals surface area contributed by atoms with Crippen LogP contribution in [0.25, 0.3) is 0 Å². The number of nitrogens with zero attached hydrogens (tertiary/aromatic N) is 2. The minimum atomic E-state index is -0.813. The van der Waals surface area contributed by atoms with Gasteiger partial charge >= 0.3 is 6.09 Å². The van der Waals surface area contributed by atoms with Crippen LogP contribution in [0.4, 0.5) is 4.79 Å². The lowest BCUT2D eigenvalue weighted by molar-refractivity contribution is -0.122. The Morgan fingerprint density at radius 3 is 2.19 bits per heavy atom. The molecule has 2 heterocycles. The Labute approximate surface area is 95.0 Å². The van der Waals surface area contributed by atoms with Gasteiger partial charge in [0.2, 0.25) is 0 Å². The van der Waals surface area contributed by atoms with Crippen molar-refractivity contribution in [3.8, 4) is 0 Å². The van der Waals surface area contributed by atoms with Gasteiger partial charge in [-0.3, -0.25) is 9.69 Å². The van der Waals surface area contributed by atoms with Crippen LogP contribution in [0.15, 0.2) is 0 Å². The third-order valence-corrected chi connectivity index (χ3v) is 3.61. The van der Waals surface area contributed by atoms with E-state index in [1.54, 1.807) is 0 Å². The van der Waals surface area contributed by atoms with E-state index >= 15 is 0 Å². The largest absolute Gasteiger partial charge is 0.465 e.